The van der Waals surface area contributed by atoms with Crippen LogP contribution in [0, 0.1) is 5.41 Å². The highest BCUT2D eigenvalue weighted by Crippen LogP contribution is 2.44. The summed E-state index contributed by atoms with van der Waals surface area (Å²) in [5, 5.41) is 22.3. The number of carbonyl (C=O) groups is 3. The van der Waals surface area contributed by atoms with Gasteiger partial charge in [-0.2, -0.15) is 0 Å². The Morgan fingerprint density at radius 2 is 1.69 bits per heavy atom. The number of carboxylic acids is 1. The molecule has 8 heteroatoms. The second-order valence-corrected chi connectivity index (χ2v) is 10.1. The second-order valence-electron chi connectivity index (χ2n) is 10.1. The lowest BCUT2D eigenvalue weighted by atomic mass is 9.85. The van der Waals surface area contributed by atoms with Crippen molar-refractivity contribution in [3.8, 4) is 11.1 Å². The highest BCUT2D eigenvalue weighted by Gasteiger charge is 2.44. The van der Waals surface area contributed by atoms with E-state index in [1.807, 2.05) is 24.3 Å². The topological polar surface area (TPSA) is 116 Å². The van der Waals surface area contributed by atoms with E-state index in [4.69, 9.17) is 4.74 Å². The van der Waals surface area contributed by atoms with Crippen LogP contribution >= 0.6 is 0 Å². The fourth-order valence-electron chi connectivity index (χ4n) is 5.05. The van der Waals surface area contributed by atoms with Crippen molar-refractivity contribution in [2.75, 3.05) is 26.2 Å². The largest absolute Gasteiger partial charge is 0.479 e. The number of nitrogens with zero attached hydrogens (tertiary/aromatic N) is 1. The van der Waals surface area contributed by atoms with Crippen LogP contribution in [0.3, 0.4) is 0 Å². The van der Waals surface area contributed by atoms with E-state index < -0.39 is 23.1 Å². The quantitative estimate of drug-likeness (QED) is 0.560. The Balaban J connectivity index is 1.29. The molecule has 0 spiro atoms. The number of aliphatic carboxylic acids is 1. The van der Waals surface area contributed by atoms with E-state index >= 15 is 0 Å². The Bertz CT molecular complexity index is 1080. The molecule has 2 aliphatic rings. The van der Waals surface area contributed by atoms with Gasteiger partial charge in [-0.3, -0.25) is 4.79 Å². The highest BCUT2D eigenvalue weighted by molar-refractivity contribution is 5.84. The third-order valence-electron chi connectivity index (χ3n) is 7.10. The minimum absolute atomic E-state index is 0.0294. The number of amides is 2. The Hall–Kier alpha value is -3.39. The lowest BCUT2D eigenvalue weighted by Gasteiger charge is -2.40. The third-order valence-corrected chi connectivity index (χ3v) is 7.10. The number of ether oxygens (including phenoxy) is 1. The summed E-state index contributed by atoms with van der Waals surface area (Å²) in [6.45, 7) is 4.12. The van der Waals surface area contributed by atoms with Gasteiger partial charge in [-0.25, -0.2) is 9.59 Å². The molecule has 2 aromatic rings. The first-order chi connectivity index (χ1) is 16.6. The number of carboxylic acid groups (broad SMARTS) is 1. The van der Waals surface area contributed by atoms with E-state index in [-0.39, 0.29) is 37.9 Å². The minimum Gasteiger partial charge on any atom is -0.479 e. The van der Waals surface area contributed by atoms with Gasteiger partial charge in [-0.15, -0.1) is 0 Å². The lowest BCUT2D eigenvalue weighted by Crippen LogP contribution is -2.57. The maximum Gasteiger partial charge on any atom is 0.407 e. The molecule has 1 fully saturated rings. The molecule has 4 rings (SSSR count). The van der Waals surface area contributed by atoms with Crippen LogP contribution in [0.1, 0.15) is 50.2 Å². The van der Waals surface area contributed by atoms with E-state index in [0.717, 1.165) is 22.3 Å². The zero-order valence-corrected chi connectivity index (χ0v) is 20.1. The second kappa shape index (κ2) is 9.70. The smallest absolute Gasteiger partial charge is 0.407 e. The number of β-amino-alcohol motifs (C(OH)–C–C–N with tert-alkyl or cyclic N) is 1. The van der Waals surface area contributed by atoms with Crippen molar-refractivity contribution in [2.24, 2.45) is 5.41 Å². The third kappa shape index (κ3) is 5.03. The molecule has 1 unspecified atom stereocenters. The fourth-order valence-corrected chi connectivity index (χ4v) is 5.05. The highest BCUT2D eigenvalue weighted by atomic mass is 16.5. The lowest BCUT2D eigenvalue weighted by molar-refractivity contribution is -0.168. The summed E-state index contributed by atoms with van der Waals surface area (Å²) in [5.74, 6) is -1.59. The molecule has 0 radical (unpaired) electrons. The number of benzene rings is 2. The zero-order chi connectivity index (χ0) is 25.2. The maximum absolute atomic E-state index is 13.0. The molecule has 0 bridgehead atoms. The van der Waals surface area contributed by atoms with E-state index in [9.17, 15) is 24.6 Å². The Labute approximate surface area is 204 Å². The van der Waals surface area contributed by atoms with Gasteiger partial charge in [0.1, 0.15) is 6.61 Å². The van der Waals surface area contributed by atoms with Crippen LogP contribution in [0.5, 0.6) is 0 Å². The number of nitrogens with one attached hydrogen (secondary N) is 1. The summed E-state index contributed by atoms with van der Waals surface area (Å²) in [6.07, 6.45) is 0.338. The van der Waals surface area contributed by atoms with Crippen molar-refractivity contribution in [3.05, 3.63) is 59.7 Å². The number of likely N-dealkylation sites (tertiary alicyclic amines) is 1. The van der Waals surface area contributed by atoms with Gasteiger partial charge in [0.25, 0.3) is 0 Å². The van der Waals surface area contributed by atoms with Crippen molar-refractivity contribution in [1.29, 1.82) is 0 Å². The van der Waals surface area contributed by atoms with Crippen LogP contribution in [0.2, 0.25) is 0 Å². The summed E-state index contributed by atoms with van der Waals surface area (Å²) < 4.78 is 5.54. The van der Waals surface area contributed by atoms with E-state index in [0.29, 0.717) is 19.4 Å². The first-order valence-corrected chi connectivity index (χ1v) is 12.0. The molecule has 2 aromatic carbocycles. The first-order valence-electron chi connectivity index (χ1n) is 12.0. The predicted octanol–water partition coefficient (Wildman–Crippen LogP) is 3.38. The molecule has 0 saturated carbocycles. The Kier molecular flexibility index (Phi) is 6.85. The number of hydrogen-bond acceptors (Lipinski definition) is 5. The normalized spacial score (nSPS) is 19.6. The standard InChI is InChI=1S/C27H32N2O6/c1-26(2,23(30)29-15-7-12-27(34,17-29)24(31)32)13-14-28-25(33)35-16-22-20-10-5-3-8-18(20)19-9-4-6-11-21(19)22/h3-6,8-11,22,34H,7,12-17H2,1-2H3,(H,28,33)(H,31,32). The summed E-state index contributed by atoms with van der Waals surface area (Å²) in [5.41, 5.74) is 1.83. The molecule has 3 N–H and O–H groups in total. The average Bonchev–Trinajstić information content (AvgIpc) is 3.16. The van der Waals surface area contributed by atoms with Crippen molar-refractivity contribution < 1.29 is 29.3 Å². The Morgan fingerprint density at radius 3 is 2.29 bits per heavy atom. The first kappa shape index (κ1) is 24.7. The van der Waals surface area contributed by atoms with Gasteiger partial charge in [0.2, 0.25) is 5.91 Å². The molecule has 2 amide bonds. The minimum atomic E-state index is -1.91. The maximum atomic E-state index is 13.0. The van der Waals surface area contributed by atoms with Gasteiger partial charge in [-0.05, 0) is 41.5 Å². The molecule has 8 nitrogen and oxygen atoms in total. The molecule has 186 valence electrons. The monoisotopic (exact) mass is 480 g/mol. The number of aliphatic hydroxyl groups is 1. The van der Waals surface area contributed by atoms with Gasteiger partial charge in [0.15, 0.2) is 5.60 Å². The molecule has 1 aliphatic carbocycles. The number of hydrogen-bond donors (Lipinski definition) is 3. The molecular weight excluding hydrogens is 448 g/mol. The van der Waals surface area contributed by atoms with E-state index in [1.165, 1.54) is 4.90 Å². The van der Waals surface area contributed by atoms with Crippen molar-refractivity contribution in [3.63, 3.8) is 0 Å². The number of fused-ring (bicyclic) bond motifs is 3. The van der Waals surface area contributed by atoms with Gasteiger partial charge < -0.3 is 25.2 Å². The number of alkyl carbamates (subject to hydrolysis) is 1. The van der Waals surface area contributed by atoms with E-state index in [1.54, 1.807) is 13.8 Å². The molecule has 1 atom stereocenters. The van der Waals surface area contributed by atoms with Gasteiger partial charge in [0, 0.05) is 24.4 Å². The SMILES string of the molecule is CC(C)(CCNC(=O)OCC1c2ccccc2-c2ccccc21)C(=O)N1CCCC(O)(C(=O)O)C1. The number of carbonyl (C=O) groups excluding carboxylic acids is 2. The van der Waals surface area contributed by atoms with Crippen LogP contribution < -0.4 is 5.32 Å². The van der Waals surface area contributed by atoms with Gasteiger partial charge in [0.05, 0.1) is 6.54 Å². The predicted molar refractivity (Wildman–Crippen MR) is 130 cm³/mol. The van der Waals surface area contributed by atoms with Crippen LogP contribution in [0.15, 0.2) is 48.5 Å². The van der Waals surface area contributed by atoms with Crippen molar-refractivity contribution in [2.45, 2.75) is 44.6 Å². The summed E-state index contributed by atoms with van der Waals surface area (Å²) in [4.78, 5) is 38.2. The summed E-state index contributed by atoms with van der Waals surface area (Å²) >= 11 is 0. The number of piperidine rings is 1. The van der Waals surface area contributed by atoms with Gasteiger partial charge in [-0.1, -0.05) is 62.4 Å². The fraction of sp³-hybridized carbons (Fsp3) is 0.444. The average molecular weight is 481 g/mol. The molecular formula is C27H32N2O6. The molecule has 35 heavy (non-hydrogen) atoms. The molecule has 1 saturated heterocycles. The van der Waals surface area contributed by atoms with Gasteiger partial charge >= 0.3 is 12.1 Å². The van der Waals surface area contributed by atoms with Crippen LogP contribution in [-0.2, 0) is 14.3 Å². The van der Waals surface area contributed by atoms with Crippen LogP contribution in [0.25, 0.3) is 11.1 Å². The molecule has 1 heterocycles. The van der Waals surface area contributed by atoms with Crippen molar-refractivity contribution in [1.82, 2.24) is 10.2 Å². The van der Waals surface area contributed by atoms with E-state index in [2.05, 4.69) is 29.6 Å². The summed E-state index contributed by atoms with van der Waals surface area (Å²) in [7, 11) is 0. The Morgan fingerprint density at radius 1 is 1.09 bits per heavy atom. The van der Waals surface area contributed by atoms with Crippen molar-refractivity contribution >= 4 is 18.0 Å². The zero-order valence-electron chi connectivity index (χ0n) is 20.1. The summed E-state index contributed by atoms with van der Waals surface area (Å²) in [6, 6.07) is 16.2. The van der Waals surface area contributed by atoms with Crippen LogP contribution in [0.4, 0.5) is 4.79 Å². The number of rotatable bonds is 7. The molecule has 1 aliphatic heterocycles. The van der Waals surface area contributed by atoms with Crippen LogP contribution in [-0.4, -0.2) is 64.9 Å². The molecule has 0 aromatic heterocycles.